The molecule has 0 atom stereocenters. The Morgan fingerprint density at radius 2 is 2.29 bits per heavy atom. The van der Waals surface area contributed by atoms with Crippen molar-refractivity contribution in [1.29, 1.82) is 0 Å². The van der Waals surface area contributed by atoms with Crippen LogP contribution in [0.3, 0.4) is 0 Å². The molecule has 5 heteroatoms. The van der Waals surface area contributed by atoms with Gasteiger partial charge in [-0.25, -0.2) is 9.87 Å². The van der Waals surface area contributed by atoms with E-state index < -0.39 is 11.7 Å². The van der Waals surface area contributed by atoms with Crippen LogP contribution in [-0.2, 0) is 6.54 Å². The van der Waals surface area contributed by atoms with Gasteiger partial charge >= 0.3 is 0 Å². The molecular formula is C12H9FN2O2. The summed E-state index contributed by atoms with van der Waals surface area (Å²) in [6.45, 7) is 0.543. The van der Waals surface area contributed by atoms with Gasteiger partial charge in [0.15, 0.2) is 0 Å². The van der Waals surface area contributed by atoms with E-state index in [1.807, 2.05) is 22.9 Å². The molecule has 3 rings (SSSR count). The normalized spacial score (nSPS) is 12.1. The molecule has 1 aromatic carbocycles. The molecule has 4 nitrogen and oxygen atoms in total. The summed E-state index contributed by atoms with van der Waals surface area (Å²) in [5.41, 5.74) is 3.72. The molecule has 1 aromatic heterocycles. The van der Waals surface area contributed by atoms with Crippen LogP contribution < -0.4 is 5.48 Å². The van der Waals surface area contributed by atoms with Gasteiger partial charge in [-0.3, -0.25) is 10.0 Å². The number of aromatic nitrogens is 1. The number of hydrogen-bond acceptors (Lipinski definition) is 2. The summed E-state index contributed by atoms with van der Waals surface area (Å²) < 4.78 is 15.8. The Balaban J connectivity index is 2.17. The van der Waals surface area contributed by atoms with Crippen LogP contribution >= 0.6 is 0 Å². The van der Waals surface area contributed by atoms with Crippen molar-refractivity contribution in [2.45, 2.75) is 6.54 Å². The largest absolute Gasteiger partial charge is 0.343 e. The Morgan fingerprint density at radius 1 is 1.47 bits per heavy atom. The van der Waals surface area contributed by atoms with E-state index in [-0.39, 0.29) is 5.56 Å². The molecule has 1 aliphatic rings. The average Bonchev–Trinajstić information content (AvgIpc) is 2.86. The van der Waals surface area contributed by atoms with Gasteiger partial charge < -0.3 is 4.57 Å². The number of amides is 1. The first kappa shape index (κ1) is 10.0. The van der Waals surface area contributed by atoms with Crippen molar-refractivity contribution in [2.75, 3.05) is 0 Å². The van der Waals surface area contributed by atoms with Crippen LogP contribution in [0.2, 0.25) is 0 Å². The van der Waals surface area contributed by atoms with Crippen molar-refractivity contribution in [3.8, 4) is 11.3 Å². The minimum atomic E-state index is -0.705. The van der Waals surface area contributed by atoms with Gasteiger partial charge in [0.2, 0.25) is 0 Å². The minimum absolute atomic E-state index is 0.120. The van der Waals surface area contributed by atoms with Crippen LogP contribution in [0.4, 0.5) is 4.39 Å². The van der Waals surface area contributed by atoms with Gasteiger partial charge in [-0.05, 0) is 29.8 Å². The van der Waals surface area contributed by atoms with Crippen LogP contribution in [0.5, 0.6) is 0 Å². The Hall–Kier alpha value is -2.14. The standard InChI is InChI=1S/C12H9FN2O2/c13-9-5-7(12(16)14-17)4-8-6-15-3-1-2-10(15)11(8)9/h1-5,17H,6H2,(H,14,16). The summed E-state index contributed by atoms with van der Waals surface area (Å²) in [6, 6.07) is 6.41. The van der Waals surface area contributed by atoms with Gasteiger partial charge in [0.25, 0.3) is 5.91 Å². The molecule has 1 amide bonds. The van der Waals surface area contributed by atoms with E-state index in [4.69, 9.17) is 5.21 Å². The van der Waals surface area contributed by atoms with Gasteiger partial charge in [-0.15, -0.1) is 0 Å². The van der Waals surface area contributed by atoms with E-state index >= 15 is 0 Å². The molecule has 0 spiro atoms. The fraction of sp³-hybridized carbons (Fsp3) is 0.0833. The van der Waals surface area contributed by atoms with Crippen molar-refractivity contribution >= 4 is 5.91 Å². The Labute approximate surface area is 96.3 Å². The number of nitrogens with zero attached hydrogens (tertiary/aromatic N) is 1. The number of rotatable bonds is 1. The van der Waals surface area contributed by atoms with Crippen molar-refractivity contribution in [3.05, 3.63) is 47.4 Å². The first-order valence-electron chi connectivity index (χ1n) is 5.13. The third-order valence-corrected chi connectivity index (χ3v) is 2.96. The maximum Gasteiger partial charge on any atom is 0.274 e. The monoisotopic (exact) mass is 232 g/mol. The van der Waals surface area contributed by atoms with Crippen LogP contribution in [-0.4, -0.2) is 15.7 Å². The Kier molecular flexibility index (Phi) is 2.02. The first-order chi connectivity index (χ1) is 8.20. The van der Waals surface area contributed by atoms with Crippen molar-refractivity contribution < 1.29 is 14.4 Å². The number of carbonyl (C=O) groups is 1. The van der Waals surface area contributed by atoms with E-state index in [9.17, 15) is 9.18 Å². The Bertz CT molecular complexity index is 619. The third kappa shape index (κ3) is 1.36. The number of carbonyl (C=O) groups excluding carboxylic acids is 1. The zero-order chi connectivity index (χ0) is 12.0. The molecule has 1 aliphatic heterocycles. The topological polar surface area (TPSA) is 54.3 Å². The van der Waals surface area contributed by atoms with Crippen molar-refractivity contribution in [2.24, 2.45) is 0 Å². The lowest BCUT2D eigenvalue weighted by molar-refractivity contribution is 0.0706. The molecule has 2 N–H and O–H groups in total. The minimum Gasteiger partial charge on any atom is -0.343 e. The quantitative estimate of drug-likeness (QED) is 0.496. The zero-order valence-electron chi connectivity index (χ0n) is 8.77. The number of hydroxylamine groups is 1. The number of benzene rings is 1. The molecular weight excluding hydrogens is 223 g/mol. The second-order valence-corrected chi connectivity index (χ2v) is 3.95. The number of halogens is 1. The summed E-state index contributed by atoms with van der Waals surface area (Å²) in [5, 5.41) is 8.53. The fourth-order valence-corrected chi connectivity index (χ4v) is 2.23. The number of fused-ring (bicyclic) bond motifs is 3. The molecule has 0 aliphatic carbocycles. The van der Waals surface area contributed by atoms with Crippen LogP contribution in [0, 0.1) is 5.82 Å². The maximum atomic E-state index is 13.9. The van der Waals surface area contributed by atoms with E-state index in [0.717, 1.165) is 17.3 Å². The molecule has 0 fully saturated rings. The average molecular weight is 232 g/mol. The summed E-state index contributed by atoms with van der Waals surface area (Å²) in [4.78, 5) is 11.2. The van der Waals surface area contributed by atoms with Crippen LogP contribution in [0.15, 0.2) is 30.5 Å². The zero-order valence-corrected chi connectivity index (χ0v) is 8.77. The lowest BCUT2D eigenvalue weighted by atomic mass is 10.0. The highest BCUT2D eigenvalue weighted by Crippen LogP contribution is 2.35. The van der Waals surface area contributed by atoms with E-state index in [1.165, 1.54) is 5.48 Å². The summed E-state index contributed by atoms with van der Waals surface area (Å²) in [7, 11) is 0. The highest BCUT2D eigenvalue weighted by Gasteiger charge is 2.23. The van der Waals surface area contributed by atoms with Crippen LogP contribution in [0.1, 0.15) is 15.9 Å². The third-order valence-electron chi connectivity index (χ3n) is 2.96. The highest BCUT2D eigenvalue weighted by atomic mass is 19.1. The molecule has 0 bridgehead atoms. The van der Waals surface area contributed by atoms with E-state index in [1.54, 1.807) is 6.07 Å². The van der Waals surface area contributed by atoms with E-state index in [0.29, 0.717) is 12.1 Å². The second kappa shape index (κ2) is 3.43. The van der Waals surface area contributed by atoms with E-state index in [2.05, 4.69) is 0 Å². The number of hydrogen-bond donors (Lipinski definition) is 2. The smallest absolute Gasteiger partial charge is 0.274 e. The molecule has 0 saturated heterocycles. The van der Waals surface area contributed by atoms with Gasteiger partial charge in [0, 0.05) is 23.9 Å². The molecule has 0 unspecified atom stereocenters. The molecule has 0 saturated carbocycles. The fourth-order valence-electron chi connectivity index (χ4n) is 2.23. The lowest BCUT2D eigenvalue weighted by Gasteiger charge is -2.04. The van der Waals surface area contributed by atoms with Crippen molar-refractivity contribution in [3.63, 3.8) is 0 Å². The first-order valence-corrected chi connectivity index (χ1v) is 5.13. The lowest BCUT2D eigenvalue weighted by Crippen LogP contribution is -2.19. The molecule has 2 heterocycles. The molecule has 0 radical (unpaired) electrons. The summed E-state index contributed by atoms with van der Waals surface area (Å²) in [5.74, 6) is -1.15. The maximum absolute atomic E-state index is 13.9. The van der Waals surface area contributed by atoms with Crippen LogP contribution in [0.25, 0.3) is 11.3 Å². The predicted molar refractivity (Wildman–Crippen MR) is 58.2 cm³/mol. The van der Waals surface area contributed by atoms with Gasteiger partial charge in [0.1, 0.15) is 5.82 Å². The van der Waals surface area contributed by atoms with Gasteiger partial charge in [-0.1, -0.05) is 0 Å². The van der Waals surface area contributed by atoms with Crippen molar-refractivity contribution in [1.82, 2.24) is 10.0 Å². The SMILES string of the molecule is O=C(NO)c1cc(F)c2c(c1)Cn1cccc1-2. The second-order valence-electron chi connectivity index (χ2n) is 3.95. The van der Waals surface area contributed by atoms with Gasteiger partial charge in [-0.2, -0.15) is 0 Å². The summed E-state index contributed by atoms with van der Waals surface area (Å²) >= 11 is 0. The highest BCUT2D eigenvalue weighted by molar-refractivity contribution is 5.94. The molecule has 2 aromatic rings. The van der Waals surface area contributed by atoms with Gasteiger partial charge in [0.05, 0.1) is 5.69 Å². The molecule has 86 valence electrons. The molecule has 17 heavy (non-hydrogen) atoms. The summed E-state index contributed by atoms with van der Waals surface area (Å²) in [6.07, 6.45) is 1.86. The number of nitrogens with one attached hydrogen (secondary N) is 1. The predicted octanol–water partition coefficient (Wildman–Crippen LogP) is 1.77. The Morgan fingerprint density at radius 3 is 3.06 bits per heavy atom.